The Morgan fingerprint density at radius 1 is 0.526 bits per heavy atom. The molecule has 2 aliphatic carbocycles. The van der Waals surface area contributed by atoms with Crippen molar-refractivity contribution in [1.82, 2.24) is 10.6 Å². The fourth-order valence-corrected chi connectivity index (χ4v) is 6.70. The van der Waals surface area contributed by atoms with Gasteiger partial charge >= 0.3 is 0 Å². The van der Waals surface area contributed by atoms with Crippen molar-refractivity contribution >= 4 is 35.2 Å². The second-order valence-corrected chi connectivity index (χ2v) is 11.1. The molecule has 4 fully saturated rings. The minimum Gasteiger partial charge on any atom is -0.299 e. The van der Waals surface area contributed by atoms with Crippen molar-refractivity contribution in [1.29, 1.82) is 0 Å². The Kier molecular flexibility index (Phi) is 6.05. The fraction of sp³-hybridized carbons (Fsp3) is 0.400. The maximum atomic E-state index is 12.8. The van der Waals surface area contributed by atoms with E-state index < -0.39 is 0 Å². The van der Waals surface area contributed by atoms with Crippen LogP contribution in [0.15, 0.2) is 48.5 Å². The Balaban J connectivity index is 1.03. The summed E-state index contributed by atoms with van der Waals surface area (Å²) in [6, 6.07) is 15.5. The van der Waals surface area contributed by atoms with Crippen LogP contribution in [0.25, 0.3) is 11.1 Å². The van der Waals surface area contributed by atoms with Crippen molar-refractivity contribution in [2.24, 2.45) is 35.5 Å². The van der Waals surface area contributed by atoms with E-state index >= 15 is 0 Å². The Bertz CT molecular complexity index is 1210. The summed E-state index contributed by atoms with van der Waals surface area (Å²) in [6.45, 7) is 0. The molecule has 2 aliphatic heterocycles. The van der Waals surface area contributed by atoms with Crippen molar-refractivity contribution in [3.8, 4) is 11.1 Å². The molecule has 6 rings (SSSR count). The van der Waals surface area contributed by atoms with E-state index in [9.17, 15) is 28.8 Å². The van der Waals surface area contributed by atoms with Crippen LogP contribution in [0.4, 0.5) is 0 Å². The van der Waals surface area contributed by atoms with Crippen LogP contribution in [0.5, 0.6) is 0 Å². The van der Waals surface area contributed by atoms with Crippen molar-refractivity contribution in [3.63, 3.8) is 0 Å². The van der Waals surface area contributed by atoms with Gasteiger partial charge in [0.2, 0.25) is 23.6 Å². The van der Waals surface area contributed by atoms with Crippen LogP contribution in [0.1, 0.15) is 36.8 Å². The monoisotopic (exact) mass is 512 g/mol. The smallest absolute Gasteiger partial charge is 0.230 e. The highest BCUT2D eigenvalue weighted by atomic mass is 16.2. The zero-order chi connectivity index (χ0) is 26.6. The normalized spacial score (nSPS) is 29.7. The van der Waals surface area contributed by atoms with Crippen LogP contribution in [0.3, 0.4) is 0 Å². The van der Waals surface area contributed by atoms with Crippen molar-refractivity contribution in [3.05, 3.63) is 59.7 Å². The summed E-state index contributed by atoms with van der Waals surface area (Å²) < 4.78 is 0. The highest BCUT2D eigenvalue weighted by Crippen LogP contribution is 2.41. The van der Waals surface area contributed by atoms with E-state index in [1.807, 2.05) is 48.5 Å². The fourth-order valence-electron chi connectivity index (χ4n) is 6.70. The summed E-state index contributed by atoms with van der Waals surface area (Å²) >= 11 is 0. The number of amides is 4. The topological polar surface area (TPSA) is 126 Å². The zero-order valence-corrected chi connectivity index (χ0v) is 20.8. The lowest BCUT2D eigenvalue weighted by molar-refractivity contribution is -0.129. The molecule has 2 saturated carbocycles. The molecule has 4 unspecified atom stereocenters. The highest BCUT2D eigenvalue weighted by Gasteiger charge is 2.50. The highest BCUT2D eigenvalue weighted by molar-refractivity contribution is 6.07. The summed E-state index contributed by atoms with van der Waals surface area (Å²) in [7, 11) is 0. The lowest BCUT2D eigenvalue weighted by Gasteiger charge is -2.11. The SMILES string of the molecule is O=C(Cc1ccc(-c2ccc(CC(=O)C3CC4C(=O)NC(=O)C4C3)cc2)cc1)C1CC2C(=O)NC(=O)C2C1. The molecule has 4 amide bonds. The molecule has 4 aliphatic rings. The number of carbonyl (C=O) groups excluding carboxylic acids is 6. The van der Waals surface area contributed by atoms with Crippen LogP contribution in [-0.2, 0) is 41.6 Å². The van der Waals surface area contributed by atoms with Crippen LogP contribution < -0.4 is 10.6 Å². The first-order chi connectivity index (χ1) is 18.3. The number of fused-ring (bicyclic) bond motifs is 2. The molecule has 0 bridgehead atoms. The Morgan fingerprint density at radius 2 is 0.816 bits per heavy atom. The molecule has 2 aromatic rings. The van der Waals surface area contributed by atoms with E-state index in [4.69, 9.17) is 0 Å². The Morgan fingerprint density at radius 3 is 1.11 bits per heavy atom. The first-order valence-corrected chi connectivity index (χ1v) is 13.2. The predicted molar refractivity (Wildman–Crippen MR) is 135 cm³/mol. The standard InChI is InChI=1S/C30H28N2O6/c33-25(19-11-21-22(12-19)28(36)31-27(21)35)9-15-1-5-17(6-2-15)18-7-3-16(4-8-18)10-26(34)20-13-23-24(14-20)30(38)32-29(23)37/h1-8,19-24H,9-14H2,(H,31,35,36)(H,32,37,38). The number of nitrogens with one attached hydrogen (secondary N) is 2. The van der Waals surface area contributed by atoms with Gasteiger partial charge in [-0.3, -0.25) is 39.4 Å². The van der Waals surface area contributed by atoms with E-state index in [0.717, 1.165) is 22.3 Å². The molecule has 8 heteroatoms. The molecule has 8 nitrogen and oxygen atoms in total. The maximum absolute atomic E-state index is 12.8. The van der Waals surface area contributed by atoms with Gasteiger partial charge < -0.3 is 0 Å². The average molecular weight is 513 g/mol. The quantitative estimate of drug-likeness (QED) is 0.548. The summed E-state index contributed by atoms with van der Waals surface area (Å²) in [5, 5.41) is 4.71. The number of Topliss-reactive ketones (excluding diaryl/α,β-unsaturated/α-hetero) is 2. The Hall–Kier alpha value is -3.94. The second kappa shape index (κ2) is 9.42. The molecule has 0 aromatic heterocycles. The van der Waals surface area contributed by atoms with Crippen molar-refractivity contribution in [2.45, 2.75) is 38.5 Å². The molecule has 2 saturated heterocycles. The summed E-state index contributed by atoms with van der Waals surface area (Å²) in [5.74, 6) is -2.81. The molecule has 2 heterocycles. The first kappa shape index (κ1) is 24.4. The number of hydrogen-bond acceptors (Lipinski definition) is 6. The van der Waals surface area contributed by atoms with Gasteiger partial charge in [0.25, 0.3) is 0 Å². The molecule has 2 N–H and O–H groups in total. The molecular weight excluding hydrogens is 484 g/mol. The zero-order valence-electron chi connectivity index (χ0n) is 20.8. The van der Waals surface area contributed by atoms with Gasteiger partial charge in [-0.2, -0.15) is 0 Å². The number of benzene rings is 2. The average Bonchev–Trinajstić information content (AvgIpc) is 3.65. The van der Waals surface area contributed by atoms with Crippen LogP contribution in [0.2, 0.25) is 0 Å². The van der Waals surface area contributed by atoms with Gasteiger partial charge in [0.05, 0.1) is 23.7 Å². The van der Waals surface area contributed by atoms with Gasteiger partial charge in [0.1, 0.15) is 11.6 Å². The largest absolute Gasteiger partial charge is 0.299 e. The van der Waals surface area contributed by atoms with E-state index in [2.05, 4.69) is 10.6 Å². The van der Waals surface area contributed by atoms with Gasteiger partial charge in [0, 0.05) is 24.7 Å². The molecular formula is C30H28N2O6. The molecule has 194 valence electrons. The first-order valence-electron chi connectivity index (χ1n) is 13.2. The van der Waals surface area contributed by atoms with E-state index in [0.29, 0.717) is 25.7 Å². The van der Waals surface area contributed by atoms with Crippen molar-refractivity contribution < 1.29 is 28.8 Å². The van der Waals surface area contributed by atoms with Gasteiger partial charge in [-0.25, -0.2) is 0 Å². The molecule has 0 spiro atoms. The maximum Gasteiger partial charge on any atom is 0.230 e. The molecule has 0 radical (unpaired) electrons. The predicted octanol–water partition coefficient (Wildman–Crippen LogP) is 2.17. The van der Waals surface area contributed by atoms with E-state index in [-0.39, 0.29) is 83.5 Å². The van der Waals surface area contributed by atoms with Gasteiger partial charge in [-0.15, -0.1) is 0 Å². The third-order valence-electron chi connectivity index (χ3n) is 8.87. The van der Waals surface area contributed by atoms with Crippen LogP contribution in [0, 0.1) is 35.5 Å². The van der Waals surface area contributed by atoms with Crippen LogP contribution >= 0.6 is 0 Å². The minimum absolute atomic E-state index is 0.0673. The minimum atomic E-state index is -0.361. The summed E-state index contributed by atoms with van der Waals surface area (Å²) in [4.78, 5) is 73.1. The second-order valence-electron chi connectivity index (χ2n) is 11.1. The third kappa shape index (κ3) is 4.38. The Labute approximate surface area is 219 Å². The van der Waals surface area contributed by atoms with Crippen molar-refractivity contribution in [2.75, 3.05) is 0 Å². The van der Waals surface area contributed by atoms with E-state index in [1.165, 1.54) is 0 Å². The van der Waals surface area contributed by atoms with Gasteiger partial charge in [-0.05, 0) is 47.9 Å². The molecule has 2 aromatic carbocycles. The number of carbonyl (C=O) groups is 6. The molecule has 4 atom stereocenters. The summed E-state index contributed by atoms with van der Waals surface area (Å²) in [5.41, 5.74) is 3.76. The van der Waals surface area contributed by atoms with Crippen LogP contribution in [-0.4, -0.2) is 35.2 Å². The van der Waals surface area contributed by atoms with Gasteiger partial charge in [-0.1, -0.05) is 48.5 Å². The number of ketones is 2. The summed E-state index contributed by atoms with van der Waals surface area (Å²) in [6.07, 6.45) is 2.34. The van der Waals surface area contributed by atoms with Gasteiger partial charge in [0.15, 0.2) is 0 Å². The number of rotatable bonds is 7. The number of imide groups is 2. The number of hydrogen-bond donors (Lipinski definition) is 2. The third-order valence-corrected chi connectivity index (χ3v) is 8.87. The molecule has 38 heavy (non-hydrogen) atoms. The lowest BCUT2D eigenvalue weighted by atomic mass is 9.93. The van der Waals surface area contributed by atoms with E-state index in [1.54, 1.807) is 0 Å². The lowest BCUT2D eigenvalue weighted by Crippen LogP contribution is -2.26.